The number of hydrogen-bond donors (Lipinski definition) is 2. The average Bonchev–Trinajstić information content (AvgIpc) is 2.61. The Hall–Kier alpha value is -2.56. The first-order chi connectivity index (χ1) is 12.2. The van der Waals surface area contributed by atoms with Gasteiger partial charge in [0.15, 0.2) is 0 Å². The van der Waals surface area contributed by atoms with Gasteiger partial charge in [-0.3, -0.25) is 4.98 Å². The van der Waals surface area contributed by atoms with E-state index >= 15 is 0 Å². The van der Waals surface area contributed by atoms with Crippen LogP contribution in [0.4, 0.5) is 4.79 Å². The number of nitrogens with zero attached hydrogens (tertiary/aromatic N) is 1. The van der Waals surface area contributed by atoms with Gasteiger partial charge in [0.25, 0.3) is 0 Å². The number of hydrogen-bond acceptors (Lipinski definition) is 3. The second-order valence-corrected chi connectivity index (χ2v) is 6.94. The SMILES string of the molecule is O=C(NCCc1cccnc1)N[C@H]1CC2(CCC2)Oc2ccccc21. The van der Waals surface area contributed by atoms with Crippen LogP contribution >= 0.6 is 0 Å². The lowest BCUT2D eigenvalue weighted by atomic mass is 9.73. The Morgan fingerprint density at radius 1 is 1.24 bits per heavy atom. The van der Waals surface area contributed by atoms with E-state index in [1.54, 1.807) is 6.20 Å². The molecule has 0 radical (unpaired) electrons. The zero-order valence-electron chi connectivity index (χ0n) is 14.2. The number of benzene rings is 1. The predicted molar refractivity (Wildman–Crippen MR) is 95.5 cm³/mol. The van der Waals surface area contributed by atoms with Crippen molar-refractivity contribution in [1.29, 1.82) is 0 Å². The Bertz CT molecular complexity index is 744. The van der Waals surface area contributed by atoms with E-state index in [0.717, 1.165) is 42.6 Å². The van der Waals surface area contributed by atoms with E-state index in [1.165, 1.54) is 6.42 Å². The molecule has 0 saturated heterocycles. The van der Waals surface area contributed by atoms with Crippen LogP contribution in [0.15, 0.2) is 48.8 Å². The monoisotopic (exact) mass is 337 g/mol. The van der Waals surface area contributed by atoms with Crippen molar-refractivity contribution in [2.45, 2.75) is 43.7 Å². The zero-order valence-corrected chi connectivity index (χ0v) is 14.2. The summed E-state index contributed by atoms with van der Waals surface area (Å²) in [5.74, 6) is 0.911. The number of aromatic nitrogens is 1. The van der Waals surface area contributed by atoms with Gasteiger partial charge in [0.05, 0.1) is 6.04 Å². The Morgan fingerprint density at radius 2 is 2.12 bits per heavy atom. The van der Waals surface area contributed by atoms with Crippen LogP contribution in [0.25, 0.3) is 0 Å². The molecular formula is C20H23N3O2. The van der Waals surface area contributed by atoms with E-state index in [9.17, 15) is 4.79 Å². The number of para-hydroxylation sites is 1. The second-order valence-electron chi connectivity index (χ2n) is 6.94. The second kappa shape index (κ2) is 6.75. The standard InChI is InChI=1S/C20H23N3O2/c24-19(22-12-8-15-5-3-11-21-14-15)23-17-13-20(9-4-10-20)25-18-7-2-1-6-16(17)18/h1-3,5-7,11,14,17H,4,8-10,12-13H2,(H2,22,23,24)/t17-/m0/s1. The summed E-state index contributed by atoms with van der Waals surface area (Å²) in [6.07, 6.45) is 8.54. The molecule has 1 aromatic heterocycles. The Kier molecular flexibility index (Phi) is 4.30. The molecule has 1 aliphatic carbocycles. The molecule has 2 amide bonds. The molecular weight excluding hydrogens is 314 g/mol. The number of fused-ring (bicyclic) bond motifs is 1. The van der Waals surface area contributed by atoms with Crippen LogP contribution in [0.1, 0.15) is 42.9 Å². The third kappa shape index (κ3) is 3.45. The molecule has 1 saturated carbocycles. The fraction of sp³-hybridized carbons (Fsp3) is 0.400. The van der Waals surface area contributed by atoms with Crippen molar-refractivity contribution in [2.24, 2.45) is 0 Å². The van der Waals surface area contributed by atoms with E-state index in [4.69, 9.17) is 4.74 Å². The highest BCUT2D eigenvalue weighted by Gasteiger charge is 2.45. The number of urea groups is 1. The number of pyridine rings is 1. The molecule has 0 unspecified atom stereocenters. The van der Waals surface area contributed by atoms with Gasteiger partial charge in [0.1, 0.15) is 11.4 Å². The first kappa shape index (κ1) is 15.9. The largest absolute Gasteiger partial charge is 0.487 e. The summed E-state index contributed by atoms with van der Waals surface area (Å²) in [7, 11) is 0. The highest BCUT2D eigenvalue weighted by atomic mass is 16.5. The van der Waals surface area contributed by atoms with Gasteiger partial charge in [0.2, 0.25) is 0 Å². The number of rotatable bonds is 4. The van der Waals surface area contributed by atoms with Crippen LogP contribution in [0.3, 0.4) is 0 Å². The molecule has 5 heteroatoms. The Morgan fingerprint density at radius 3 is 2.88 bits per heavy atom. The van der Waals surface area contributed by atoms with E-state index < -0.39 is 0 Å². The van der Waals surface area contributed by atoms with Gasteiger partial charge in [0, 0.05) is 30.9 Å². The minimum absolute atomic E-state index is 0.00337. The van der Waals surface area contributed by atoms with Gasteiger partial charge in [-0.25, -0.2) is 4.79 Å². The highest BCUT2D eigenvalue weighted by Crippen LogP contribution is 2.48. The van der Waals surface area contributed by atoms with Crippen LogP contribution in [0.5, 0.6) is 5.75 Å². The fourth-order valence-corrected chi connectivity index (χ4v) is 3.70. The van der Waals surface area contributed by atoms with Gasteiger partial charge in [-0.1, -0.05) is 24.3 Å². The quantitative estimate of drug-likeness (QED) is 0.899. The molecule has 1 aliphatic heterocycles. The number of carbonyl (C=O) groups excluding carboxylic acids is 1. The molecule has 1 aromatic carbocycles. The molecule has 2 aliphatic rings. The highest BCUT2D eigenvalue weighted by molar-refractivity contribution is 5.74. The molecule has 0 bridgehead atoms. The zero-order chi connectivity index (χ0) is 17.1. The summed E-state index contributed by atoms with van der Waals surface area (Å²) in [5.41, 5.74) is 2.11. The summed E-state index contributed by atoms with van der Waals surface area (Å²) < 4.78 is 6.23. The summed E-state index contributed by atoms with van der Waals surface area (Å²) in [6.45, 7) is 0.591. The summed E-state index contributed by atoms with van der Waals surface area (Å²) >= 11 is 0. The first-order valence-corrected chi connectivity index (χ1v) is 8.95. The normalized spacial score (nSPS) is 20.1. The third-order valence-electron chi connectivity index (χ3n) is 5.19. The summed E-state index contributed by atoms with van der Waals surface area (Å²) in [4.78, 5) is 16.4. The fourth-order valence-electron chi connectivity index (χ4n) is 3.70. The maximum Gasteiger partial charge on any atom is 0.315 e. The summed E-state index contributed by atoms with van der Waals surface area (Å²) in [5, 5.41) is 6.09. The molecule has 2 aromatic rings. The van der Waals surface area contributed by atoms with Gasteiger partial charge >= 0.3 is 6.03 Å². The number of nitrogens with one attached hydrogen (secondary N) is 2. The molecule has 2 N–H and O–H groups in total. The molecule has 5 nitrogen and oxygen atoms in total. The number of amides is 2. The van der Waals surface area contributed by atoms with Crippen molar-refractivity contribution in [3.63, 3.8) is 0 Å². The molecule has 2 heterocycles. The van der Waals surface area contributed by atoms with Crippen molar-refractivity contribution >= 4 is 6.03 Å². The minimum Gasteiger partial charge on any atom is -0.487 e. The molecule has 1 atom stereocenters. The van der Waals surface area contributed by atoms with Crippen LogP contribution in [-0.4, -0.2) is 23.2 Å². The Balaban J connectivity index is 1.37. The molecule has 4 rings (SSSR count). The van der Waals surface area contributed by atoms with Crippen LogP contribution < -0.4 is 15.4 Å². The minimum atomic E-state index is -0.125. The topological polar surface area (TPSA) is 63.2 Å². The lowest BCUT2D eigenvalue weighted by molar-refractivity contribution is -0.0355. The van der Waals surface area contributed by atoms with Gasteiger partial charge in [-0.2, -0.15) is 0 Å². The predicted octanol–water partition coefficient (Wildman–Crippen LogP) is 3.37. The maximum atomic E-state index is 12.3. The van der Waals surface area contributed by atoms with Gasteiger partial charge in [-0.05, 0) is 43.4 Å². The third-order valence-corrected chi connectivity index (χ3v) is 5.19. The molecule has 1 fully saturated rings. The average molecular weight is 337 g/mol. The van der Waals surface area contributed by atoms with E-state index in [0.29, 0.717) is 6.54 Å². The first-order valence-electron chi connectivity index (χ1n) is 8.95. The van der Waals surface area contributed by atoms with E-state index in [-0.39, 0.29) is 17.7 Å². The molecule has 1 spiro atoms. The van der Waals surface area contributed by atoms with Crippen molar-refractivity contribution in [3.8, 4) is 5.75 Å². The smallest absolute Gasteiger partial charge is 0.315 e. The van der Waals surface area contributed by atoms with Crippen LogP contribution in [0.2, 0.25) is 0 Å². The lowest BCUT2D eigenvalue weighted by Crippen LogP contribution is -2.51. The number of carbonyl (C=O) groups is 1. The Labute approximate surface area is 147 Å². The van der Waals surface area contributed by atoms with Crippen molar-refractivity contribution < 1.29 is 9.53 Å². The van der Waals surface area contributed by atoms with Gasteiger partial charge < -0.3 is 15.4 Å². The molecule has 25 heavy (non-hydrogen) atoms. The van der Waals surface area contributed by atoms with Crippen LogP contribution in [0, 0.1) is 0 Å². The van der Waals surface area contributed by atoms with E-state index in [2.05, 4.69) is 15.6 Å². The maximum absolute atomic E-state index is 12.3. The van der Waals surface area contributed by atoms with Crippen molar-refractivity contribution in [2.75, 3.05) is 6.54 Å². The van der Waals surface area contributed by atoms with Crippen molar-refractivity contribution in [3.05, 3.63) is 59.9 Å². The summed E-state index contributed by atoms with van der Waals surface area (Å²) in [6, 6.07) is 11.8. The molecule has 130 valence electrons. The van der Waals surface area contributed by atoms with Crippen molar-refractivity contribution in [1.82, 2.24) is 15.6 Å². The number of ether oxygens (including phenoxy) is 1. The van der Waals surface area contributed by atoms with E-state index in [1.807, 2.05) is 42.6 Å². The van der Waals surface area contributed by atoms with Gasteiger partial charge in [-0.15, -0.1) is 0 Å². The van der Waals surface area contributed by atoms with Crippen LogP contribution in [-0.2, 0) is 6.42 Å². The lowest BCUT2D eigenvalue weighted by Gasteiger charge is -2.48.